The highest BCUT2D eigenvalue weighted by atomic mass is 35.6. The number of alkyl halides is 3. The van der Waals surface area contributed by atoms with Crippen LogP contribution in [-0.2, 0) is 11.3 Å². The van der Waals surface area contributed by atoms with E-state index in [1.165, 1.54) is 11.2 Å². The molecule has 88 valence electrons. The minimum Gasteiger partial charge on any atom is -0.467 e. The maximum absolute atomic E-state index is 11.7. The molecular formula is C10H10Cl3NO2. The Labute approximate surface area is 109 Å². The Morgan fingerprint density at radius 3 is 2.69 bits per heavy atom. The summed E-state index contributed by atoms with van der Waals surface area (Å²) in [5.74, 6) is 0.0123. The molecule has 0 saturated heterocycles. The lowest BCUT2D eigenvalue weighted by atomic mass is 10.3. The van der Waals surface area contributed by atoms with Crippen LogP contribution in [0.4, 0.5) is 0 Å². The van der Waals surface area contributed by atoms with Crippen molar-refractivity contribution in [2.45, 2.75) is 10.3 Å². The van der Waals surface area contributed by atoms with E-state index < -0.39 is 9.70 Å². The summed E-state index contributed by atoms with van der Waals surface area (Å²) in [5.41, 5.74) is 0. The van der Waals surface area contributed by atoms with Gasteiger partial charge in [0.2, 0.25) is 0 Å². The van der Waals surface area contributed by atoms with Gasteiger partial charge in [0.1, 0.15) is 5.76 Å². The number of hydrogen-bond acceptors (Lipinski definition) is 2. The van der Waals surface area contributed by atoms with Crippen molar-refractivity contribution in [3.63, 3.8) is 0 Å². The monoisotopic (exact) mass is 281 g/mol. The molecule has 0 fully saturated rings. The molecule has 1 rings (SSSR count). The number of hydrogen-bond donors (Lipinski definition) is 0. The van der Waals surface area contributed by atoms with Crippen LogP contribution in [-0.4, -0.2) is 21.1 Å². The molecule has 3 nitrogen and oxygen atoms in total. The van der Waals surface area contributed by atoms with Gasteiger partial charge in [0.05, 0.1) is 12.8 Å². The normalized spacial score (nSPS) is 11.2. The van der Waals surface area contributed by atoms with E-state index in [-0.39, 0.29) is 13.1 Å². The first kappa shape index (κ1) is 13.4. The van der Waals surface area contributed by atoms with Gasteiger partial charge in [-0.05, 0) is 12.1 Å². The van der Waals surface area contributed by atoms with E-state index in [1.807, 2.05) is 0 Å². The lowest BCUT2D eigenvalue weighted by Crippen LogP contribution is -2.38. The van der Waals surface area contributed by atoms with Crippen LogP contribution >= 0.6 is 34.8 Å². The largest absolute Gasteiger partial charge is 0.467 e. The average molecular weight is 283 g/mol. The van der Waals surface area contributed by atoms with Crippen LogP contribution in [0.5, 0.6) is 0 Å². The number of amides is 1. The molecule has 0 bridgehead atoms. The Kier molecular flexibility index (Phi) is 4.71. The fourth-order valence-electron chi connectivity index (χ4n) is 1.15. The maximum Gasteiger partial charge on any atom is 0.275 e. The standard InChI is InChI=1S/C10H10Cl3NO2/c1-2-5-14(9(15)10(11,12)13)7-8-4-3-6-16-8/h2-4,6H,1,5,7H2. The summed E-state index contributed by atoms with van der Waals surface area (Å²) >= 11 is 16.6. The zero-order chi connectivity index (χ0) is 12.2. The van der Waals surface area contributed by atoms with Crippen LogP contribution in [0.3, 0.4) is 0 Å². The van der Waals surface area contributed by atoms with Gasteiger partial charge < -0.3 is 9.32 Å². The molecule has 6 heteroatoms. The van der Waals surface area contributed by atoms with Crippen molar-refractivity contribution in [1.82, 2.24) is 4.90 Å². The van der Waals surface area contributed by atoms with E-state index in [4.69, 9.17) is 39.2 Å². The first-order chi connectivity index (χ1) is 7.45. The molecule has 0 unspecified atom stereocenters. The lowest BCUT2D eigenvalue weighted by Gasteiger charge is -2.23. The Morgan fingerprint density at radius 2 is 2.25 bits per heavy atom. The van der Waals surface area contributed by atoms with Gasteiger partial charge in [0, 0.05) is 6.54 Å². The summed E-state index contributed by atoms with van der Waals surface area (Å²) in [6.07, 6.45) is 3.07. The van der Waals surface area contributed by atoms with Crippen molar-refractivity contribution in [3.05, 3.63) is 36.8 Å². The minimum absolute atomic E-state index is 0.242. The van der Waals surface area contributed by atoms with Gasteiger partial charge in [-0.3, -0.25) is 4.79 Å². The van der Waals surface area contributed by atoms with Gasteiger partial charge in [-0.1, -0.05) is 40.9 Å². The molecule has 0 aliphatic carbocycles. The second kappa shape index (κ2) is 5.62. The Balaban J connectivity index is 2.75. The van der Waals surface area contributed by atoms with E-state index in [0.29, 0.717) is 5.76 Å². The number of nitrogens with zero attached hydrogens (tertiary/aromatic N) is 1. The van der Waals surface area contributed by atoms with E-state index in [9.17, 15) is 4.79 Å². The number of halogens is 3. The predicted octanol–water partition coefficient (Wildman–Crippen LogP) is 3.16. The van der Waals surface area contributed by atoms with Crippen LogP contribution in [0, 0.1) is 0 Å². The second-order valence-corrected chi connectivity index (χ2v) is 5.33. The van der Waals surface area contributed by atoms with Crippen molar-refractivity contribution in [3.8, 4) is 0 Å². The molecule has 0 saturated carbocycles. The maximum atomic E-state index is 11.7. The molecule has 0 aliphatic heterocycles. The lowest BCUT2D eigenvalue weighted by molar-refractivity contribution is -0.130. The molecule has 1 amide bonds. The molecular weight excluding hydrogens is 272 g/mol. The van der Waals surface area contributed by atoms with Crippen molar-refractivity contribution in [2.24, 2.45) is 0 Å². The molecule has 0 aromatic carbocycles. The number of furan rings is 1. The Morgan fingerprint density at radius 1 is 1.56 bits per heavy atom. The van der Waals surface area contributed by atoms with Crippen LogP contribution in [0.15, 0.2) is 35.5 Å². The molecule has 0 N–H and O–H groups in total. The zero-order valence-corrected chi connectivity index (χ0v) is 10.6. The molecule has 0 atom stereocenters. The summed E-state index contributed by atoms with van der Waals surface area (Å²) < 4.78 is 3.15. The van der Waals surface area contributed by atoms with Crippen molar-refractivity contribution >= 4 is 40.7 Å². The van der Waals surface area contributed by atoms with E-state index >= 15 is 0 Å². The molecule has 16 heavy (non-hydrogen) atoms. The minimum atomic E-state index is -1.96. The highest BCUT2D eigenvalue weighted by Gasteiger charge is 2.34. The third-order valence-electron chi connectivity index (χ3n) is 1.81. The summed E-state index contributed by atoms with van der Waals surface area (Å²) in [6, 6.07) is 3.46. The quantitative estimate of drug-likeness (QED) is 0.628. The van der Waals surface area contributed by atoms with E-state index in [0.717, 1.165) is 0 Å². The van der Waals surface area contributed by atoms with Gasteiger partial charge in [-0.25, -0.2) is 0 Å². The fraction of sp³-hybridized carbons (Fsp3) is 0.300. The third kappa shape index (κ3) is 3.74. The van der Waals surface area contributed by atoms with E-state index in [1.54, 1.807) is 18.2 Å². The first-order valence-electron chi connectivity index (χ1n) is 4.44. The SMILES string of the molecule is C=CCN(Cc1ccco1)C(=O)C(Cl)(Cl)Cl. The molecule has 0 spiro atoms. The van der Waals surface area contributed by atoms with Gasteiger partial charge in [-0.15, -0.1) is 6.58 Å². The summed E-state index contributed by atoms with van der Waals surface area (Å²) in [5, 5.41) is 0. The highest BCUT2D eigenvalue weighted by molar-refractivity contribution is 6.76. The van der Waals surface area contributed by atoms with Crippen LogP contribution < -0.4 is 0 Å². The first-order valence-corrected chi connectivity index (χ1v) is 5.58. The van der Waals surface area contributed by atoms with Crippen LogP contribution in [0.2, 0.25) is 0 Å². The Bertz CT molecular complexity index is 357. The van der Waals surface area contributed by atoms with Crippen LogP contribution in [0.25, 0.3) is 0 Å². The van der Waals surface area contributed by atoms with E-state index in [2.05, 4.69) is 6.58 Å². The second-order valence-electron chi connectivity index (χ2n) is 3.05. The zero-order valence-electron chi connectivity index (χ0n) is 8.33. The van der Waals surface area contributed by atoms with Gasteiger partial charge in [0.15, 0.2) is 0 Å². The number of carbonyl (C=O) groups is 1. The molecule has 1 heterocycles. The highest BCUT2D eigenvalue weighted by Crippen LogP contribution is 2.29. The molecule has 1 aromatic rings. The average Bonchev–Trinajstić information content (AvgIpc) is 2.67. The molecule has 0 radical (unpaired) electrons. The topological polar surface area (TPSA) is 33.5 Å². The smallest absolute Gasteiger partial charge is 0.275 e. The van der Waals surface area contributed by atoms with Gasteiger partial charge in [-0.2, -0.15) is 0 Å². The van der Waals surface area contributed by atoms with Crippen LogP contribution in [0.1, 0.15) is 5.76 Å². The number of carbonyl (C=O) groups excluding carboxylic acids is 1. The predicted molar refractivity (Wildman–Crippen MR) is 64.6 cm³/mol. The van der Waals surface area contributed by atoms with Gasteiger partial charge in [0.25, 0.3) is 9.70 Å². The Hall–Kier alpha value is -0.640. The van der Waals surface area contributed by atoms with Crippen molar-refractivity contribution in [1.29, 1.82) is 0 Å². The molecule has 0 aliphatic rings. The summed E-state index contributed by atoms with van der Waals surface area (Å²) in [7, 11) is 0. The molecule has 1 aromatic heterocycles. The third-order valence-corrected chi connectivity index (χ3v) is 2.29. The fourth-order valence-corrected chi connectivity index (χ4v) is 1.50. The van der Waals surface area contributed by atoms with Crippen molar-refractivity contribution < 1.29 is 9.21 Å². The van der Waals surface area contributed by atoms with Gasteiger partial charge >= 0.3 is 0 Å². The summed E-state index contributed by atoms with van der Waals surface area (Å²) in [4.78, 5) is 13.1. The number of rotatable bonds is 4. The summed E-state index contributed by atoms with van der Waals surface area (Å²) in [6.45, 7) is 4.07. The van der Waals surface area contributed by atoms with Crippen molar-refractivity contribution in [2.75, 3.05) is 6.54 Å².